The van der Waals surface area contributed by atoms with Crippen LogP contribution in [0.15, 0.2) is 35.7 Å². The predicted molar refractivity (Wildman–Crippen MR) is 89.0 cm³/mol. The largest absolute Gasteiger partial charge is 0.380 e. The maximum atomic E-state index is 11.5. The van der Waals surface area contributed by atoms with Gasteiger partial charge in [-0.15, -0.1) is 11.3 Å². The normalized spacial score (nSPS) is 21.0. The predicted octanol–water partition coefficient (Wildman–Crippen LogP) is 3.42. The molecule has 2 nitrogen and oxygen atoms in total. The molecule has 0 spiro atoms. The Bertz CT molecular complexity index is 619. The molecule has 1 N–H and O–H groups in total. The Labute approximate surface area is 131 Å². The lowest BCUT2D eigenvalue weighted by Gasteiger charge is -2.30. The van der Waals surface area contributed by atoms with Gasteiger partial charge in [-0.25, -0.2) is 0 Å². The molecule has 3 rings (SSSR count). The summed E-state index contributed by atoms with van der Waals surface area (Å²) in [5, 5.41) is 13.7. The van der Waals surface area contributed by atoms with Gasteiger partial charge in [-0.2, -0.15) is 0 Å². The van der Waals surface area contributed by atoms with Gasteiger partial charge in [0.2, 0.25) is 0 Å². The third kappa shape index (κ3) is 2.78. The second-order valence-electron chi connectivity index (χ2n) is 6.18. The molecule has 112 valence electrons. The molecule has 1 atom stereocenters. The van der Waals surface area contributed by atoms with Crippen LogP contribution in [0.25, 0.3) is 0 Å². The van der Waals surface area contributed by atoms with Crippen molar-refractivity contribution in [2.24, 2.45) is 0 Å². The van der Waals surface area contributed by atoms with Crippen LogP contribution in [-0.4, -0.2) is 30.6 Å². The summed E-state index contributed by atoms with van der Waals surface area (Å²) < 4.78 is 0. The van der Waals surface area contributed by atoms with E-state index in [1.807, 2.05) is 6.07 Å². The minimum Gasteiger partial charge on any atom is -0.380 e. The molecule has 0 saturated carbocycles. The zero-order valence-corrected chi connectivity index (χ0v) is 13.6. The van der Waals surface area contributed by atoms with Crippen molar-refractivity contribution in [3.63, 3.8) is 0 Å². The Balaban J connectivity index is 2.01. The van der Waals surface area contributed by atoms with E-state index in [1.54, 1.807) is 11.3 Å². The number of fused-ring (bicyclic) bond motifs is 2. The van der Waals surface area contributed by atoms with Gasteiger partial charge in [0, 0.05) is 10.4 Å². The first-order chi connectivity index (χ1) is 10.1. The molecule has 21 heavy (non-hydrogen) atoms. The number of benzene rings is 1. The topological polar surface area (TPSA) is 23.5 Å². The molecule has 0 fully saturated rings. The van der Waals surface area contributed by atoms with Gasteiger partial charge in [-0.3, -0.25) is 0 Å². The molecule has 0 amide bonds. The van der Waals surface area contributed by atoms with Gasteiger partial charge in [-0.1, -0.05) is 24.3 Å². The molecule has 1 heterocycles. The van der Waals surface area contributed by atoms with Gasteiger partial charge < -0.3 is 10.0 Å². The summed E-state index contributed by atoms with van der Waals surface area (Å²) >= 11 is 1.78. The van der Waals surface area contributed by atoms with Crippen molar-refractivity contribution >= 4 is 11.3 Å². The number of hydrogen-bond acceptors (Lipinski definition) is 3. The third-order valence-corrected chi connectivity index (χ3v) is 5.40. The van der Waals surface area contributed by atoms with E-state index in [0.29, 0.717) is 0 Å². The fourth-order valence-electron chi connectivity index (χ4n) is 3.36. The molecule has 2 aromatic rings. The van der Waals surface area contributed by atoms with Crippen LogP contribution >= 0.6 is 11.3 Å². The van der Waals surface area contributed by atoms with E-state index in [1.165, 1.54) is 10.4 Å². The Kier molecular flexibility index (Phi) is 4.16. The fraction of sp³-hybridized carbons (Fsp3) is 0.444. The summed E-state index contributed by atoms with van der Waals surface area (Å²) in [4.78, 5) is 3.53. The molecule has 1 aliphatic carbocycles. The second-order valence-corrected chi connectivity index (χ2v) is 7.18. The van der Waals surface area contributed by atoms with E-state index >= 15 is 0 Å². The Morgan fingerprint density at radius 3 is 2.76 bits per heavy atom. The van der Waals surface area contributed by atoms with E-state index in [2.05, 4.69) is 48.6 Å². The van der Waals surface area contributed by atoms with Crippen LogP contribution in [0.2, 0.25) is 0 Å². The molecule has 0 bridgehead atoms. The molecular formula is C18H23NOS. The fourth-order valence-corrected chi connectivity index (χ4v) is 4.31. The van der Waals surface area contributed by atoms with Gasteiger partial charge in [0.05, 0.1) is 0 Å². The van der Waals surface area contributed by atoms with Crippen LogP contribution in [0.5, 0.6) is 0 Å². The maximum absolute atomic E-state index is 11.5. The van der Waals surface area contributed by atoms with Crippen LogP contribution in [0.3, 0.4) is 0 Å². The quantitative estimate of drug-likeness (QED) is 0.935. The average Bonchev–Trinajstić information content (AvgIpc) is 2.90. The number of rotatable bonds is 4. The number of thiophene rings is 1. The molecule has 0 saturated heterocycles. The Morgan fingerprint density at radius 2 is 1.95 bits per heavy atom. The molecule has 1 aromatic carbocycles. The smallest absolute Gasteiger partial charge is 0.116 e. The first kappa shape index (κ1) is 14.8. The monoisotopic (exact) mass is 301 g/mol. The van der Waals surface area contributed by atoms with Crippen LogP contribution in [0, 0.1) is 0 Å². The van der Waals surface area contributed by atoms with E-state index in [9.17, 15) is 5.11 Å². The maximum Gasteiger partial charge on any atom is 0.116 e. The highest BCUT2D eigenvalue weighted by molar-refractivity contribution is 7.10. The minimum atomic E-state index is -0.821. The number of nitrogens with zero attached hydrogens (tertiary/aromatic N) is 1. The van der Waals surface area contributed by atoms with Crippen molar-refractivity contribution in [2.45, 2.75) is 31.3 Å². The van der Waals surface area contributed by atoms with Crippen molar-refractivity contribution in [1.29, 1.82) is 0 Å². The number of aryl methyl sites for hydroxylation is 2. The average molecular weight is 301 g/mol. The van der Waals surface area contributed by atoms with Gasteiger partial charge >= 0.3 is 0 Å². The van der Waals surface area contributed by atoms with Crippen LogP contribution in [-0.2, 0) is 18.4 Å². The van der Waals surface area contributed by atoms with Gasteiger partial charge in [0.25, 0.3) is 0 Å². The summed E-state index contributed by atoms with van der Waals surface area (Å²) in [6.45, 7) is 1.00. The highest BCUT2D eigenvalue weighted by atomic mass is 32.1. The Morgan fingerprint density at radius 1 is 1.14 bits per heavy atom. The van der Waals surface area contributed by atoms with Gasteiger partial charge in [0.1, 0.15) is 5.60 Å². The van der Waals surface area contributed by atoms with E-state index < -0.39 is 5.60 Å². The first-order valence-corrected chi connectivity index (χ1v) is 8.51. The summed E-state index contributed by atoms with van der Waals surface area (Å²) in [6.07, 6.45) is 3.85. The molecular weight excluding hydrogens is 278 g/mol. The summed E-state index contributed by atoms with van der Waals surface area (Å²) in [6, 6.07) is 10.5. The van der Waals surface area contributed by atoms with Crippen molar-refractivity contribution in [3.05, 3.63) is 57.3 Å². The molecule has 1 aromatic heterocycles. The Hall–Kier alpha value is -1.16. The second kappa shape index (κ2) is 5.91. The van der Waals surface area contributed by atoms with E-state index in [0.717, 1.165) is 43.4 Å². The number of aliphatic hydroxyl groups is 1. The van der Waals surface area contributed by atoms with Crippen molar-refractivity contribution in [1.82, 2.24) is 4.90 Å². The van der Waals surface area contributed by atoms with Crippen molar-refractivity contribution in [3.8, 4) is 0 Å². The molecule has 1 aliphatic rings. The van der Waals surface area contributed by atoms with Crippen molar-refractivity contribution < 1.29 is 5.11 Å². The lowest BCUT2D eigenvalue weighted by atomic mass is 9.82. The minimum absolute atomic E-state index is 0.784. The third-order valence-electron chi connectivity index (χ3n) is 4.42. The van der Waals surface area contributed by atoms with Gasteiger partial charge in [0.15, 0.2) is 0 Å². The highest BCUT2D eigenvalue weighted by Gasteiger charge is 2.37. The number of hydrogen-bond donors (Lipinski definition) is 1. The zero-order chi connectivity index (χ0) is 14.9. The molecule has 0 radical (unpaired) electrons. The summed E-state index contributed by atoms with van der Waals surface area (Å²) in [5.74, 6) is 0. The first-order valence-electron chi connectivity index (χ1n) is 7.63. The molecule has 0 aliphatic heterocycles. The van der Waals surface area contributed by atoms with Crippen molar-refractivity contribution in [2.75, 3.05) is 20.6 Å². The zero-order valence-electron chi connectivity index (χ0n) is 12.8. The van der Waals surface area contributed by atoms with Crippen LogP contribution in [0.1, 0.15) is 34.4 Å². The summed E-state index contributed by atoms with van der Waals surface area (Å²) in [5.41, 5.74) is 2.73. The lowest BCUT2D eigenvalue weighted by Crippen LogP contribution is -2.29. The van der Waals surface area contributed by atoms with Crippen LogP contribution < -0.4 is 0 Å². The highest BCUT2D eigenvalue weighted by Crippen LogP contribution is 2.42. The standard InChI is InChI=1S/C18H23NOS/c1-19(2)12-5-11-18(20)15-7-4-3-6-14(15)8-9-17-16(18)10-13-21-17/h3-4,6-7,10,13,20H,5,8-9,11-12H2,1-2H3. The van der Waals surface area contributed by atoms with E-state index in [4.69, 9.17) is 0 Å². The SMILES string of the molecule is CN(C)CCCC1(O)c2ccccc2CCc2sccc21. The van der Waals surface area contributed by atoms with E-state index in [-0.39, 0.29) is 0 Å². The van der Waals surface area contributed by atoms with Gasteiger partial charge in [-0.05, 0) is 68.9 Å². The molecule has 3 heteroatoms. The summed E-state index contributed by atoms with van der Waals surface area (Å²) in [7, 11) is 4.17. The lowest BCUT2D eigenvalue weighted by molar-refractivity contribution is 0.0663. The van der Waals surface area contributed by atoms with Crippen LogP contribution in [0.4, 0.5) is 0 Å². The molecule has 1 unspecified atom stereocenters.